The highest BCUT2D eigenvalue weighted by Gasteiger charge is 2.46. The Morgan fingerprint density at radius 1 is 1.38 bits per heavy atom. The molecule has 186 valence electrons. The molecular weight excluding hydrogens is 443 g/mol. The zero-order valence-electron chi connectivity index (χ0n) is 20.3. The number of hydrogen-bond acceptors (Lipinski definition) is 8. The molecule has 11 nitrogen and oxygen atoms in total. The quantitative estimate of drug-likeness (QED) is 0.577. The number of nitrogens with one attached hydrogen (secondary N) is 2. The van der Waals surface area contributed by atoms with Crippen LogP contribution in [0.15, 0.2) is 6.20 Å². The van der Waals surface area contributed by atoms with Crippen LogP contribution >= 0.6 is 0 Å². The van der Waals surface area contributed by atoms with Gasteiger partial charge in [-0.05, 0) is 34.2 Å². The Kier molecular flexibility index (Phi) is 6.74. The fraction of sp³-hybridized carbons (Fsp3) is 0.636. The number of methoxy groups -OCH3 is 1. The number of carbonyl (C=O) groups is 1. The SMILES string of the molecule is COCc1ncc(F)c(Nc2n[nH]c3c2CN(C(=O)N2C[C@H](CCO)N(C)C[C@@H]2C)C3(C)C)n1. The van der Waals surface area contributed by atoms with Crippen molar-refractivity contribution < 1.29 is 19.0 Å². The fourth-order valence-electron chi connectivity index (χ4n) is 4.82. The van der Waals surface area contributed by atoms with Gasteiger partial charge in [0, 0.05) is 44.5 Å². The molecule has 0 aliphatic carbocycles. The van der Waals surface area contributed by atoms with Crippen molar-refractivity contribution in [2.45, 2.75) is 58.0 Å². The largest absolute Gasteiger partial charge is 0.396 e. The van der Waals surface area contributed by atoms with Crippen molar-refractivity contribution in [1.29, 1.82) is 0 Å². The number of likely N-dealkylation sites (N-methyl/N-ethyl adjacent to an activating group) is 1. The Bertz CT molecular complexity index is 1050. The first-order valence-electron chi connectivity index (χ1n) is 11.4. The Balaban J connectivity index is 1.56. The van der Waals surface area contributed by atoms with Crippen LogP contribution in [0.2, 0.25) is 0 Å². The number of piperazine rings is 1. The van der Waals surface area contributed by atoms with Gasteiger partial charge in [0.1, 0.15) is 6.61 Å². The van der Waals surface area contributed by atoms with E-state index in [9.17, 15) is 14.3 Å². The summed E-state index contributed by atoms with van der Waals surface area (Å²) in [4.78, 5) is 27.7. The van der Waals surface area contributed by atoms with Crippen LogP contribution in [-0.4, -0.2) is 91.9 Å². The minimum absolute atomic E-state index is 0.00142. The second kappa shape index (κ2) is 9.43. The molecule has 0 spiro atoms. The first-order chi connectivity index (χ1) is 16.2. The van der Waals surface area contributed by atoms with Gasteiger partial charge < -0.3 is 25.0 Å². The van der Waals surface area contributed by atoms with Gasteiger partial charge in [-0.3, -0.25) is 10.00 Å². The number of hydrogen-bond donors (Lipinski definition) is 3. The molecule has 2 aromatic heterocycles. The van der Waals surface area contributed by atoms with E-state index in [4.69, 9.17) is 4.74 Å². The third-order valence-electron chi connectivity index (χ3n) is 6.83. The fourth-order valence-corrected chi connectivity index (χ4v) is 4.82. The van der Waals surface area contributed by atoms with Crippen LogP contribution in [0.3, 0.4) is 0 Å². The molecule has 0 unspecified atom stereocenters. The van der Waals surface area contributed by atoms with E-state index in [-0.39, 0.29) is 37.1 Å². The van der Waals surface area contributed by atoms with E-state index in [2.05, 4.69) is 30.4 Å². The number of rotatable bonds is 6. The third kappa shape index (κ3) is 4.32. The lowest BCUT2D eigenvalue weighted by Crippen LogP contribution is -2.61. The Labute approximate surface area is 198 Å². The van der Waals surface area contributed by atoms with Gasteiger partial charge in [0.05, 0.1) is 24.0 Å². The number of carbonyl (C=O) groups excluding carboxylic acids is 1. The van der Waals surface area contributed by atoms with Crippen LogP contribution in [0.5, 0.6) is 0 Å². The second-order valence-electron chi connectivity index (χ2n) is 9.50. The van der Waals surface area contributed by atoms with Crippen molar-refractivity contribution in [3.63, 3.8) is 0 Å². The zero-order valence-corrected chi connectivity index (χ0v) is 20.3. The van der Waals surface area contributed by atoms with Crippen LogP contribution in [-0.2, 0) is 23.4 Å². The average Bonchev–Trinajstić information content (AvgIpc) is 3.30. The van der Waals surface area contributed by atoms with E-state index in [1.165, 1.54) is 7.11 Å². The molecule has 2 aliphatic heterocycles. The van der Waals surface area contributed by atoms with Gasteiger partial charge in [0.15, 0.2) is 23.3 Å². The average molecular weight is 477 g/mol. The molecule has 3 N–H and O–H groups in total. The highest BCUT2D eigenvalue weighted by atomic mass is 19.1. The van der Waals surface area contributed by atoms with Gasteiger partial charge in [-0.15, -0.1) is 0 Å². The molecule has 4 heterocycles. The number of urea groups is 1. The van der Waals surface area contributed by atoms with E-state index in [0.29, 0.717) is 31.2 Å². The molecule has 1 fully saturated rings. The normalized spacial score (nSPS) is 22.2. The summed E-state index contributed by atoms with van der Waals surface area (Å²) in [6.07, 6.45) is 1.71. The van der Waals surface area contributed by atoms with Crippen LogP contribution < -0.4 is 5.32 Å². The van der Waals surface area contributed by atoms with Gasteiger partial charge in [-0.25, -0.2) is 19.2 Å². The number of fused-ring (bicyclic) bond motifs is 1. The molecule has 1 saturated heterocycles. The molecule has 2 amide bonds. The van der Waals surface area contributed by atoms with Gasteiger partial charge in [-0.1, -0.05) is 0 Å². The van der Waals surface area contributed by atoms with Crippen LogP contribution in [0.4, 0.5) is 20.8 Å². The van der Waals surface area contributed by atoms with E-state index < -0.39 is 11.4 Å². The molecular formula is C22H33FN8O3. The highest BCUT2D eigenvalue weighted by Crippen LogP contribution is 2.42. The lowest BCUT2D eigenvalue weighted by Gasteiger charge is -2.46. The smallest absolute Gasteiger partial charge is 0.321 e. The van der Waals surface area contributed by atoms with E-state index in [1.807, 2.05) is 37.6 Å². The monoisotopic (exact) mass is 476 g/mol. The first-order valence-corrected chi connectivity index (χ1v) is 11.4. The van der Waals surface area contributed by atoms with Crippen molar-refractivity contribution >= 4 is 17.7 Å². The van der Waals surface area contributed by atoms with E-state index in [1.54, 1.807) is 0 Å². The van der Waals surface area contributed by atoms with Crippen molar-refractivity contribution in [3.05, 3.63) is 29.1 Å². The molecule has 12 heteroatoms. The number of aliphatic hydroxyl groups excluding tert-OH is 1. The maximum Gasteiger partial charge on any atom is 0.321 e. The summed E-state index contributed by atoms with van der Waals surface area (Å²) < 4.78 is 19.4. The van der Waals surface area contributed by atoms with Crippen molar-refractivity contribution in [2.75, 3.05) is 39.2 Å². The Hall–Kier alpha value is -2.83. The summed E-state index contributed by atoms with van der Waals surface area (Å²) in [6, 6.07) is 0.0709. The molecule has 2 aliphatic rings. The molecule has 0 bridgehead atoms. The van der Waals surface area contributed by atoms with Crippen molar-refractivity contribution in [1.82, 2.24) is 34.9 Å². The summed E-state index contributed by atoms with van der Waals surface area (Å²) in [6.45, 7) is 7.81. The highest BCUT2D eigenvalue weighted by molar-refractivity contribution is 5.78. The molecule has 0 radical (unpaired) electrons. The summed E-state index contributed by atoms with van der Waals surface area (Å²) in [5.41, 5.74) is 0.947. The molecule has 2 aromatic rings. The molecule has 34 heavy (non-hydrogen) atoms. The summed E-state index contributed by atoms with van der Waals surface area (Å²) in [5, 5.41) is 19.8. The van der Waals surface area contributed by atoms with Crippen LogP contribution in [0.1, 0.15) is 44.3 Å². The molecule has 0 aromatic carbocycles. The Morgan fingerprint density at radius 2 is 2.15 bits per heavy atom. The number of ether oxygens (including phenoxy) is 1. The molecule has 2 atom stereocenters. The molecule has 0 saturated carbocycles. The van der Waals surface area contributed by atoms with Gasteiger partial charge in [0.25, 0.3) is 0 Å². The number of aliphatic hydroxyl groups is 1. The minimum atomic E-state index is -0.639. The maximum atomic E-state index is 14.4. The summed E-state index contributed by atoms with van der Waals surface area (Å²) in [7, 11) is 3.54. The maximum absolute atomic E-state index is 14.4. The lowest BCUT2D eigenvalue weighted by molar-refractivity contribution is 0.0337. The lowest BCUT2D eigenvalue weighted by atomic mass is 10.0. The second-order valence-corrected chi connectivity index (χ2v) is 9.50. The minimum Gasteiger partial charge on any atom is -0.396 e. The van der Waals surface area contributed by atoms with E-state index in [0.717, 1.165) is 24.0 Å². The molecule has 4 rings (SSSR count). The van der Waals surface area contributed by atoms with Crippen molar-refractivity contribution in [2.24, 2.45) is 0 Å². The predicted molar refractivity (Wildman–Crippen MR) is 123 cm³/mol. The number of aromatic amines is 1. The summed E-state index contributed by atoms with van der Waals surface area (Å²) in [5.74, 6) is 0.155. The topological polar surface area (TPSA) is 123 Å². The number of nitrogens with zero attached hydrogens (tertiary/aromatic N) is 6. The number of anilines is 2. The van der Waals surface area contributed by atoms with Gasteiger partial charge in [0.2, 0.25) is 0 Å². The van der Waals surface area contributed by atoms with Gasteiger partial charge in [-0.2, -0.15) is 5.10 Å². The number of H-pyrrole nitrogens is 1. The number of amides is 2. The Morgan fingerprint density at radius 3 is 2.85 bits per heavy atom. The predicted octanol–water partition coefficient (Wildman–Crippen LogP) is 1.79. The number of halogens is 1. The first kappa shape index (κ1) is 24.3. The van der Waals surface area contributed by atoms with Crippen LogP contribution in [0.25, 0.3) is 0 Å². The van der Waals surface area contributed by atoms with Gasteiger partial charge >= 0.3 is 6.03 Å². The van der Waals surface area contributed by atoms with Crippen molar-refractivity contribution in [3.8, 4) is 0 Å². The zero-order chi connectivity index (χ0) is 24.6. The standard InChI is InChI=1S/C22H33FN8O3/c1-13-9-29(4)14(6-7-32)10-30(13)21(33)31-11-15-18(22(31,2)3)27-28-19(15)26-20-16(23)8-24-17(25-20)12-34-5/h8,13-14,32H,6-7,9-12H2,1-5H3,(H2,24,25,26,27,28)/t13-,14-/m0/s1. The van der Waals surface area contributed by atoms with Crippen LogP contribution in [0, 0.1) is 5.82 Å². The van der Waals surface area contributed by atoms with E-state index >= 15 is 0 Å². The summed E-state index contributed by atoms with van der Waals surface area (Å²) >= 11 is 0. The number of aromatic nitrogens is 4. The third-order valence-corrected chi connectivity index (χ3v) is 6.83.